The number of benzene rings is 1. The summed E-state index contributed by atoms with van der Waals surface area (Å²) in [6.45, 7) is 1.26. The number of halogens is 3. The van der Waals surface area contributed by atoms with Crippen LogP contribution in [-0.4, -0.2) is 17.1 Å². The molecule has 0 heterocycles. The molecule has 0 radical (unpaired) electrons. The number of nitrogens with one attached hydrogen (secondary N) is 1. The van der Waals surface area contributed by atoms with Gasteiger partial charge >= 0.3 is 6.18 Å². The molecule has 0 aliphatic rings. The van der Waals surface area contributed by atoms with Crippen molar-refractivity contribution in [1.29, 1.82) is 0 Å². The van der Waals surface area contributed by atoms with Gasteiger partial charge in [-0.05, 0) is 31.2 Å². The van der Waals surface area contributed by atoms with E-state index in [2.05, 4.69) is 5.32 Å². The molecule has 88 valence electrons. The van der Waals surface area contributed by atoms with E-state index in [1.807, 2.05) is 0 Å². The highest BCUT2D eigenvalue weighted by Gasteiger charge is 2.29. The maximum Gasteiger partial charge on any atom is 0.416 e. The number of carbonyl (C=O) groups is 1. The van der Waals surface area contributed by atoms with Crippen LogP contribution in [0.4, 0.5) is 18.9 Å². The number of alkyl halides is 3. The van der Waals surface area contributed by atoms with Gasteiger partial charge in [-0.2, -0.15) is 13.2 Å². The minimum absolute atomic E-state index is 0.207. The Morgan fingerprint density at radius 2 is 1.81 bits per heavy atom. The molecule has 3 nitrogen and oxygen atoms in total. The van der Waals surface area contributed by atoms with E-state index in [9.17, 15) is 18.0 Å². The van der Waals surface area contributed by atoms with Gasteiger partial charge in [0.25, 0.3) is 5.91 Å². The van der Waals surface area contributed by atoms with Crippen molar-refractivity contribution in [2.24, 2.45) is 0 Å². The van der Waals surface area contributed by atoms with E-state index in [0.29, 0.717) is 0 Å². The maximum atomic E-state index is 12.2. The molecule has 0 aromatic heterocycles. The normalized spacial score (nSPS) is 13.3. The van der Waals surface area contributed by atoms with Crippen LogP contribution in [-0.2, 0) is 11.0 Å². The predicted molar refractivity (Wildman–Crippen MR) is 51.8 cm³/mol. The van der Waals surface area contributed by atoms with E-state index in [-0.39, 0.29) is 5.69 Å². The first-order valence-corrected chi connectivity index (χ1v) is 4.47. The van der Waals surface area contributed by atoms with Crippen molar-refractivity contribution in [3.63, 3.8) is 0 Å². The van der Waals surface area contributed by atoms with Crippen molar-refractivity contribution in [3.05, 3.63) is 29.8 Å². The number of aliphatic hydroxyl groups excluding tert-OH is 1. The lowest BCUT2D eigenvalue weighted by Gasteiger charge is -2.09. The van der Waals surface area contributed by atoms with Crippen molar-refractivity contribution in [1.82, 2.24) is 0 Å². The third kappa shape index (κ3) is 3.23. The number of anilines is 1. The Kier molecular flexibility index (Phi) is 3.54. The van der Waals surface area contributed by atoms with Gasteiger partial charge in [0.15, 0.2) is 0 Å². The van der Waals surface area contributed by atoms with Gasteiger partial charge in [-0.25, -0.2) is 0 Å². The molecule has 0 fully saturated rings. The van der Waals surface area contributed by atoms with Crippen LogP contribution in [0.25, 0.3) is 0 Å². The van der Waals surface area contributed by atoms with Gasteiger partial charge in [0.05, 0.1) is 5.56 Å². The molecule has 0 unspecified atom stereocenters. The third-order valence-corrected chi connectivity index (χ3v) is 1.86. The number of rotatable bonds is 2. The molecule has 1 atom stereocenters. The zero-order valence-electron chi connectivity index (χ0n) is 8.38. The number of hydrogen-bond donors (Lipinski definition) is 2. The van der Waals surface area contributed by atoms with Gasteiger partial charge in [0.1, 0.15) is 6.10 Å². The zero-order valence-corrected chi connectivity index (χ0v) is 8.38. The highest BCUT2D eigenvalue weighted by Crippen LogP contribution is 2.29. The van der Waals surface area contributed by atoms with Gasteiger partial charge in [-0.1, -0.05) is 0 Å². The molecule has 1 rings (SSSR count). The standard InChI is InChI=1S/C10H10F3NO2/c1-6(15)9(16)14-8-4-2-7(3-5-8)10(11,12)13/h2-6,15H,1H3,(H,14,16)/t6-/m1/s1. The molecule has 0 aliphatic carbocycles. The first kappa shape index (κ1) is 12.5. The Morgan fingerprint density at radius 3 is 2.19 bits per heavy atom. The van der Waals surface area contributed by atoms with Gasteiger partial charge in [-0.3, -0.25) is 4.79 Å². The largest absolute Gasteiger partial charge is 0.416 e. The van der Waals surface area contributed by atoms with Gasteiger partial charge in [0.2, 0.25) is 0 Å². The van der Waals surface area contributed by atoms with Crippen molar-refractivity contribution in [3.8, 4) is 0 Å². The van der Waals surface area contributed by atoms with Crippen LogP contribution in [0.15, 0.2) is 24.3 Å². The number of hydrogen-bond acceptors (Lipinski definition) is 2. The van der Waals surface area contributed by atoms with E-state index in [4.69, 9.17) is 5.11 Å². The fraction of sp³-hybridized carbons (Fsp3) is 0.300. The summed E-state index contributed by atoms with van der Waals surface area (Å²) in [7, 11) is 0. The van der Waals surface area contributed by atoms with Crippen molar-refractivity contribution >= 4 is 11.6 Å². The summed E-state index contributed by atoms with van der Waals surface area (Å²) in [6.07, 6.45) is -5.60. The third-order valence-electron chi connectivity index (χ3n) is 1.86. The second-order valence-corrected chi connectivity index (χ2v) is 3.24. The summed E-state index contributed by atoms with van der Waals surface area (Å²) in [4.78, 5) is 11.0. The maximum absolute atomic E-state index is 12.2. The SMILES string of the molecule is C[C@@H](O)C(=O)Nc1ccc(C(F)(F)F)cc1. The number of aliphatic hydroxyl groups is 1. The first-order chi connectivity index (χ1) is 7.30. The summed E-state index contributed by atoms with van der Waals surface area (Å²) < 4.78 is 36.5. The van der Waals surface area contributed by atoms with Crippen LogP contribution >= 0.6 is 0 Å². The highest BCUT2D eigenvalue weighted by molar-refractivity contribution is 5.93. The van der Waals surface area contributed by atoms with Crippen LogP contribution in [0.1, 0.15) is 12.5 Å². The summed E-state index contributed by atoms with van der Waals surface area (Å²) >= 11 is 0. The van der Waals surface area contributed by atoms with Gasteiger partial charge in [-0.15, -0.1) is 0 Å². The van der Waals surface area contributed by atoms with Crippen molar-refractivity contribution < 1.29 is 23.1 Å². The summed E-state index contributed by atoms with van der Waals surface area (Å²) in [5.74, 6) is -0.667. The monoisotopic (exact) mass is 233 g/mol. The van der Waals surface area contributed by atoms with E-state index in [0.717, 1.165) is 24.3 Å². The minimum atomic E-state index is -4.40. The van der Waals surface area contributed by atoms with E-state index >= 15 is 0 Å². The molecule has 6 heteroatoms. The zero-order chi connectivity index (χ0) is 12.3. The second-order valence-electron chi connectivity index (χ2n) is 3.24. The van der Waals surface area contributed by atoms with Gasteiger partial charge in [0, 0.05) is 5.69 Å². The van der Waals surface area contributed by atoms with E-state index < -0.39 is 23.8 Å². The van der Waals surface area contributed by atoms with Crippen molar-refractivity contribution in [2.75, 3.05) is 5.32 Å². The quantitative estimate of drug-likeness (QED) is 0.821. The smallest absolute Gasteiger partial charge is 0.384 e. The fourth-order valence-electron chi connectivity index (χ4n) is 0.989. The Balaban J connectivity index is 2.76. The van der Waals surface area contributed by atoms with Crippen molar-refractivity contribution in [2.45, 2.75) is 19.2 Å². The molecule has 16 heavy (non-hydrogen) atoms. The van der Waals surface area contributed by atoms with Crippen LogP contribution < -0.4 is 5.32 Å². The number of amides is 1. The topological polar surface area (TPSA) is 49.3 Å². The molecule has 1 aromatic carbocycles. The average Bonchev–Trinajstić information content (AvgIpc) is 2.17. The lowest BCUT2D eigenvalue weighted by Crippen LogP contribution is -2.24. The lowest BCUT2D eigenvalue weighted by molar-refractivity contribution is -0.137. The predicted octanol–water partition coefficient (Wildman–Crippen LogP) is 2.02. The molecule has 1 aromatic rings. The Hall–Kier alpha value is -1.56. The Morgan fingerprint density at radius 1 is 1.31 bits per heavy atom. The Labute approximate surface area is 89.9 Å². The van der Waals surface area contributed by atoms with Crippen LogP contribution in [0.5, 0.6) is 0 Å². The Bertz CT molecular complexity index is 371. The van der Waals surface area contributed by atoms with Crippen LogP contribution in [0.2, 0.25) is 0 Å². The van der Waals surface area contributed by atoms with E-state index in [1.165, 1.54) is 6.92 Å². The summed E-state index contributed by atoms with van der Waals surface area (Å²) in [6, 6.07) is 3.97. The molecule has 0 saturated heterocycles. The molecule has 0 aliphatic heterocycles. The molecule has 0 saturated carbocycles. The molecule has 2 N–H and O–H groups in total. The van der Waals surface area contributed by atoms with Gasteiger partial charge < -0.3 is 10.4 Å². The second kappa shape index (κ2) is 4.52. The molecular formula is C10H10F3NO2. The molecule has 0 bridgehead atoms. The fourth-order valence-corrected chi connectivity index (χ4v) is 0.989. The van der Waals surface area contributed by atoms with Crippen LogP contribution in [0, 0.1) is 0 Å². The molecule has 1 amide bonds. The van der Waals surface area contributed by atoms with Crippen LogP contribution in [0.3, 0.4) is 0 Å². The molecular weight excluding hydrogens is 223 g/mol. The highest BCUT2D eigenvalue weighted by atomic mass is 19.4. The summed E-state index contributed by atoms with van der Waals surface area (Å²) in [5, 5.41) is 11.1. The average molecular weight is 233 g/mol. The van der Waals surface area contributed by atoms with E-state index in [1.54, 1.807) is 0 Å². The first-order valence-electron chi connectivity index (χ1n) is 4.47. The summed E-state index contributed by atoms with van der Waals surface area (Å²) in [5.41, 5.74) is -0.582. The minimum Gasteiger partial charge on any atom is -0.384 e. The lowest BCUT2D eigenvalue weighted by atomic mass is 10.2. The molecule has 0 spiro atoms. The number of carbonyl (C=O) groups excluding carboxylic acids is 1.